The molecule has 1 aliphatic rings. The first-order valence-electron chi connectivity index (χ1n) is 3.60. The van der Waals surface area contributed by atoms with E-state index in [-0.39, 0.29) is 12.4 Å². The highest BCUT2D eigenvalue weighted by Gasteiger charge is 2.20. The molecule has 0 spiro atoms. The highest BCUT2D eigenvalue weighted by atomic mass is 35.5. The van der Waals surface area contributed by atoms with Crippen molar-refractivity contribution in [2.45, 2.75) is 19.0 Å². The van der Waals surface area contributed by atoms with Crippen molar-refractivity contribution in [3.8, 4) is 0 Å². The molecule has 0 heterocycles. The average molecular weight is 173 g/mol. The fraction of sp³-hybridized carbons (Fsp3) is 0.333. The van der Waals surface area contributed by atoms with Gasteiger partial charge in [-0.1, -0.05) is 24.3 Å². The van der Waals surface area contributed by atoms with E-state index >= 15 is 0 Å². The van der Waals surface area contributed by atoms with E-state index < -0.39 is 6.17 Å². The molecule has 2 rings (SSSR count). The van der Waals surface area contributed by atoms with E-state index in [1.54, 1.807) is 0 Å². The number of benzene rings is 1. The molecule has 2 heteroatoms. The molecule has 0 radical (unpaired) electrons. The number of rotatable bonds is 0. The minimum atomic E-state index is -0.698. The molecule has 11 heavy (non-hydrogen) atoms. The number of hydrogen-bond donors (Lipinski definition) is 0. The number of aryl methyl sites for hydroxylation is 1. The quantitative estimate of drug-likeness (QED) is 0.564. The van der Waals surface area contributed by atoms with Crippen molar-refractivity contribution in [3.05, 3.63) is 35.4 Å². The maximum atomic E-state index is 12.9. The molecule has 1 atom stereocenters. The Balaban J connectivity index is 0.000000605. The summed E-state index contributed by atoms with van der Waals surface area (Å²) in [5.41, 5.74) is 2.09. The summed E-state index contributed by atoms with van der Waals surface area (Å²) in [5.74, 6) is 0. The summed E-state index contributed by atoms with van der Waals surface area (Å²) >= 11 is 0. The second kappa shape index (κ2) is 3.22. The normalized spacial score (nSPS) is 20.6. The Hall–Kier alpha value is -0.560. The zero-order valence-electron chi connectivity index (χ0n) is 6.09. The maximum Gasteiger partial charge on any atom is 0.126 e. The predicted octanol–water partition coefficient (Wildman–Crippen LogP) is 3.07. The minimum Gasteiger partial charge on any atom is -0.242 e. The Labute approximate surface area is 71.8 Å². The lowest BCUT2D eigenvalue weighted by Gasteiger charge is -1.97. The second-order valence-electron chi connectivity index (χ2n) is 2.71. The van der Waals surface area contributed by atoms with Gasteiger partial charge in [-0.05, 0) is 24.0 Å². The summed E-state index contributed by atoms with van der Waals surface area (Å²) < 4.78 is 12.9. The van der Waals surface area contributed by atoms with E-state index in [9.17, 15) is 4.39 Å². The predicted molar refractivity (Wildman–Crippen MR) is 45.9 cm³/mol. The van der Waals surface area contributed by atoms with Gasteiger partial charge in [0.1, 0.15) is 6.17 Å². The molecule has 0 aromatic heterocycles. The van der Waals surface area contributed by atoms with Crippen molar-refractivity contribution >= 4 is 12.4 Å². The maximum absolute atomic E-state index is 12.9. The molecule has 0 amide bonds. The van der Waals surface area contributed by atoms with Gasteiger partial charge in [0.05, 0.1) is 0 Å². The highest BCUT2D eigenvalue weighted by molar-refractivity contribution is 5.85. The van der Waals surface area contributed by atoms with E-state index in [0.29, 0.717) is 6.42 Å². The molecule has 0 saturated heterocycles. The van der Waals surface area contributed by atoms with E-state index in [0.717, 1.165) is 12.0 Å². The van der Waals surface area contributed by atoms with Crippen LogP contribution in [0.3, 0.4) is 0 Å². The first kappa shape index (κ1) is 8.54. The largest absolute Gasteiger partial charge is 0.242 e. The molecule has 0 N–H and O–H groups in total. The van der Waals surface area contributed by atoms with Crippen LogP contribution in [-0.4, -0.2) is 0 Å². The lowest BCUT2D eigenvalue weighted by molar-refractivity contribution is 0.344. The zero-order valence-corrected chi connectivity index (χ0v) is 6.90. The van der Waals surface area contributed by atoms with Gasteiger partial charge in [-0.2, -0.15) is 0 Å². The van der Waals surface area contributed by atoms with Gasteiger partial charge in [-0.25, -0.2) is 4.39 Å². The Morgan fingerprint density at radius 1 is 1.27 bits per heavy atom. The Morgan fingerprint density at radius 3 is 2.73 bits per heavy atom. The first-order chi connectivity index (χ1) is 4.88. The van der Waals surface area contributed by atoms with Gasteiger partial charge in [0, 0.05) is 0 Å². The molecule has 0 bridgehead atoms. The van der Waals surface area contributed by atoms with Crippen LogP contribution in [-0.2, 0) is 6.42 Å². The summed E-state index contributed by atoms with van der Waals surface area (Å²) in [6, 6.07) is 7.76. The lowest BCUT2D eigenvalue weighted by atomic mass is 10.1. The van der Waals surface area contributed by atoms with Gasteiger partial charge in [0.25, 0.3) is 0 Å². The van der Waals surface area contributed by atoms with Crippen molar-refractivity contribution in [2.75, 3.05) is 0 Å². The van der Waals surface area contributed by atoms with Gasteiger partial charge in [-0.15, -0.1) is 12.4 Å². The molecule has 0 aliphatic heterocycles. The van der Waals surface area contributed by atoms with Crippen molar-refractivity contribution in [3.63, 3.8) is 0 Å². The third kappa shape index (κ3) is 1.38. The molecule has 1 unspecified atom stereocenters. The summed E-state index contributed by atoms with van der Waals surface area (Å²) in [6.07, 6.45) is 0.896. The third-order valence-corrected chi connectivity index (χ3v) is 2.06. The Morgan fingerprint density at radius 2 is 2.00 bits per heavy atom. The van der Waals surface area contributed by atoms with Crippen LogP contribution in [0, 0.1) is 0 Å². The van der Waals surface area contributed by atoms with E-state index in [4.69, 9.17) is 0 Å². The van der Waals surface area contributed by atoms with Crippen LogP contribution < -0.4 is 0 Å². The molecule has 1 aromatic rings. The van der Waals surface area contributed by atoms with Crippen LogP contribution >= 0.6 is 12.4 Å². The van der Waals surface area contributed by atoms with Gasteiger partial charge >= 0.3 is 0 Å². The third-order valence-electron chi connectivity index (χ3n) is 2.06. The lowest BCUT2D eigenvalue weighted by Crippen LogP contribution is -1.81. The number of alkyl halides is 1. The van der Waals surface area contributed by atoms with Crippen LogP contribution in [0.15, 0.2) is 24.3 Å². The van der Waals surface area contributed by atoms with Crippen LogP contribution in [0.2, 0.25) is 0 Å². The van der Waals surface area contributed by atoms with Gasteiger partial charge in [0.2, 0.25) is 0 Å². The first-order valence-corrected chi connectivity index (χ1v) is 3.60. The standard InChI is InChI=1S/C9H9F.ClH/c10-9-6-5-7-3-1-2-4-8(7)9;/h1-4,9H,5-6H2;1H. The van der Waals surface area contributed by atoms with Crippen LogP contribution in [0.5, 0.6) is 0 Å². The Bertz CT molecular complexity index is 247. The monoisotopic (exact) mass is 172 g/mol. The van der Waals surface area contributed by atoms with Gasteiger partial charge in [0.15, 0.2) is 0 Å². The molecular formula is C9H10ClF. The van der Waals surface area contributed by atoms with E-state index in [2.05, 4.69) is 0 Å². The minimum absolute atomic E-state index is 0. The summed E-state index contributed by atoms with van der Waals surface area (Å²) in [6.45, 7) is 0. The van der Waals surface area contributed by atoms with Crippen LogP contribution in [0.1, 0.15) is 23.7 Å². The number of hydrogen-bond acceptors (Lipinski definition) is 0. The van der Waals surface area contributed by atoms with Crippen molar-refractivity contribution in [1.82, 2.24) is 0 Å². The second-order valence-corrected chi connectivity index (χ2v) is 2.71. The van der Waals surface area contributed by atoms with Crippen molar-refractivity contribution in [1.29, 1.82) is 0 Å². The molecule has 60 valence electrons. The van der Waals surface area contributed by atoms with Gasteiger partial charge in [-0.3, -0.25) is 0 Å². The van der Waals surface area contributed by atoms with Crippen molar-refractivity contribution in [2.24, 2.45) is 0 Å². The average Bonchev–Trinajstić information content (AvgIpc) is 2.34. The fourth-order valence-corrected chi connectivity index (χ4v) is 1.51. The summed E-state index contributed by atoms with van der Waals surface area (Å²) in [4.78, 5) is 0. The van der Waals surface area contributed by atoms with E-state index in [1.165, 1.54) is 5.56 Å². The Kier molecular flexibility index (Phi) is 2.50. The van der Waals surface area contributed by atoms with Crippen LogP contribution in [0.4, 0.5) is 4.39 Å². The number of halogens is 2. The number of fused-ring (bicyclic) bond motifs is 1. The summed E-state index contributed by atoms with van der Waals surface area (Å²) in [5, 5.41) is 0. The summed E-state index contributed by atoms with van der Waals surface area (Å²) in [7, 11) is 0. The molecule has 0 saturated carbocycles. The van der Waals surface area contributed by atoms with Gasteiger partial charge < -0.3 is 0 Å². The smallest absolute Gasteiger partial charge is 0.126 e. The topological polar surface area (TPSA) is 0 Å². The SMILES string of the molecule is Cl.FC1CCc2ccccc21. The molecule has 0 fully saturated rings. The van der Waals surface area contributed by atoms with Crippen LogP contribution in [0.25, 0.3) is 0 Å². The van der Waals surface area contributed by atoms with E-state index in [1.807, 2.05) is 24.3 Å². The molecule has 1 aromatic carbocycles. The zero-order chi connectivity index (χ0) is 6.97. The molecular weight excluding hydrogens is 163 g/mol. The molecule has 1 aliphatic carbocycles. The molecule has 0 nitrogen and oxygen atoms in total. The highest BCUT2D eigenvalue weighted by Crippen LogP contribution is 2.33. The van der Waals surface area contributed by atoms with Crippen molar-refractivity contribution < 1.29 is 4.39 Å². The fourth-order valence-electron chi connectivity index (χ4n) is 1.51.